The van der Waals surface area contributed by atoms with E-state index >= 15 is 0 Å². The van der Waals surface area contributed by atoms with Crippen LogP contribution < -0.4 is 20.5 Å². The first kappa shape index (κ1) is 17.6. The molecule has 21 heavy (non-hydrogen) atoms. The van der Waals surface area contributed by atoms with Gasteiger partial charge in [-0.25, -0.2) is 0 Å². The fourth-order valence-corrected chi connectivity index (χ4v) is 2.17. The van der Waals surface area contributed by atoms with E-state index in [2.05, 4.69) is 12.2 Å². The van der Waals surface area contributed by atoms with E-state index in [1.807, 2.05) is 0 Å². The molecule has 1 aromatic carbocycles. The SMILES string of the molecule is COc1cc(Cl)c(NC(=O)CCC(C)CCN)cc1OC. The number of carbonyl (C=O) groups excluding carboxylic acids is 1. The minimum Gasteiger partial charge on any atom is -0.493 e. The molecule has 1 amide bonds. The van der Waals surface area contributed by atoms with Gasteiger partial charge in [0.2, 0.25) is 5.91 Å². The number of benzene rings is 1. The van der Waals surface area contributed by atoms with Gasteiger partial charge in [-0.15, -0.1) is 0 Å². The van der Waals surface area contributed by atoms with Crippen LogP contribution in [-0.2, 0) is 4.79 Å². The summed E-state index contributed by atoms with van der Waals surface area (Å²) in [7, 11) is 3.07. The number of ether oxygens (including phenoxy) is 2. The van der Waals surface area contributed by atoms with Crippen molar-refractivity contribution in [1.82, 2.24) is 0 Å². The van der Waals surface area contributed by atoms with Crippen molar-refractivity contribution in [3.05, 3.63) is 17.2 Å². The molecule has 0 saturated carbocycles. The predicted octanol–water partition coefficient (Wildman–Crippen LogP) is 3.06. The van der Waals surface area contributed by atoms with Crippen molar-refractivity contribution in [2.24, 2.45) is 11.7 Å². The van der Waals surface area contributed by atoms with Crippen molar-refractivity contribution in [1.29, 1.82) is 0 Å². The Bertz CT molecular complexity index is 480. The van der Waals surface area contributed by atoms with Crippen molar-refractivity contribution in [3.63, 3.8) is 0 Å². The molecule has 1 rings (SSSR count). The van der Waals surface area contributed by atoms with E-state index in [4.69, 9.17) is 26.8 Å². The smallest absolute Gasteiger partial charge is 0.224 e. The van der Waals surface area contributed by atoms with E-state index in [0.717, 1.165) is 12.8 Å². The van der Waals surface area contributed by atoms with E-state index < -0.39 is 0 Å². The number of carbonyl (C=O) groups is 1. The molecule has 0 saturated heterocycles. The summed E-state index contributed by atoms with van der Waals surface area (Å²) in [6.07, 6.45) is 2.16. The third-order valence-electron chi connectivity index (χ3n) is 3.27. The highest BCUT2D eigenvalue weighted by Crippen LogP contribution is 2.36. The van der Waals surface area contributed by atoms with Gasteiger partial charge in [0.05, 0.1) is 24.9 Å². The molecule has 118 valence electrons. The summed E-state index contributed by atoms with van der Waals surface area (Å²) in [6, 6.07) is 3.27. The topological polar surface area (TPSA) is 73.6 Å². The Morgan fingerprint density at radius 1 is 1.29 bits per heavy atom. The van der Waals surface area contributed by atoms with Crippen LogP contribution in [-0.4, -0.2) is 26.7 Å². The van der Waals surface area contributed by atoms with E-state index in [-0.39, 0.29) is 5.91 Å². The molecule has 0 radical (unpaired) electrons. The summed E-state index contributed by atoms with van der Waals surface area (Å²) in [5.41, 5.74) is 6.01. The lowest BCUT2D eigenvalue weighted by Gasteiger charge is -2.13. The van der Waals surface area contributed by atoms with Crippen LogP contribution in [0, 0.1) is 5.92 Å². The number of hydrogen-bond acceptors (Lipinski definition) is 4. The molecule has 1 aromatic rings. The second-order valence-electron chi connectivity index (χ2n) is 4.96. The fraction of sp³-hybridized carbons (Fsp3) is 0.533. The molecule has 1 unspecified atom stereocenters. The van der Waals surface area contributed by atoms with Gasteiger partial charge in [-0.2, -0.15) is 0 Å². The number of methoxy groups -OCH3 is 2. The number of amides is 1. The lowest BCUT2D eigenvalue weighted by atomic mass is 10.0. The summed E-state index contributed by atoms with van der Waals surface area (Å²) >= 11 is 6.13. The summed E-state index contributed by atoms with van der Waals surface area (Å²) in [4.78, 5) is 12.0. The molecule has 0 spiro atoms. The van der Waals surface area contributed by atoms with Crippen LogP contribution in [0.25, 0.3) is 0 Å². The summed E-state index contributed by atoms with van der Waals surface area (Å²) in [5.74, 6) is 1.40. The Kier molecular flexibility index (Phi) is 7.32. The molecular weight excluding hydrogens is 292 g/mol. The number of halogens is 1. The van der Waals surface area contributed by atoms with Crippen molar-refractivity contribution < 1.29 is 14.3 Å². The van der Waals surface area contributed by atoms with Crippen LogP contribution in [0.4, 0.5) is 5.69 Å². The van der Waals surface area contributed by atoms with E-state index in [1.165, 1.54) is 14.2 Å². The van der Waals surface area contributed by atoms with Gasteiger partial charge in [0.25, 0.3) is 0 Å². The molecular formula is C15H23ClN2O3. The highest BCUT2D eigenvalue weighted by Gasteiger charge is 2.13. The molecule has 5 nitrogen and oxygen atoms in total. The molecule has 0 fully saturated rings. The Morgan fingerprint density at radius 2 is 1.90 bits per heavy atom. The van der Waals surface area contributed by atoms with Crippen molar-refractivity contribution >= 4 is 23.2 Å². The maximum absolute atomic E-state index is 12.0. The van der Waals surface area contributed by atoms with Gasteiger partial charge in [-0.05, 0) is 25.3 Å². The first-order valence-electron chi connectivity index (χ1n) is 6.93. The minimum absolute atomic E-state index is 0.0759. The van der Waals surface area contributed by atoms with E-state index in [1.54, 1.807) is 12.1 Å². The van der Waals surface area contributed by atoms with Gasteiger partial charge in [-0.1, -0.05) is 18.5 Å². The molecule has 6 heteroatoms. The van der Waals surface area contributed by atoms with Gasteiger partial charge in [0.15, 0.2) is 11.5 Å². The van der Waals surface area contributed by atoms with Crippen LogP contribution in [0.15, 0.2) is 12.1 Å². The van der Waals surface area contributed by atoms with Gasteiger partial charge in [0, 0.05) is 18.6 Å². The van der Waals surface area contributed by atoms with Gasteiger partial charge >= 0.3 is 0 Å². The minimum atomic E-state index is -0.0759. The molecule has 0 aliphatic carbocycles. The molecule has 0 aliphatic rings. The third-order valence-corrected chi connectivity index (χ3v) is 3.58. The second kappa shape index (κ2) is 8.74. The normalized spacial score (nSPS) is 11.9. The number of nitrogens with one attached hydrogen (secondary N) is 1. The zero-order valence-electron chi connectivity index (χ0n) is 12.7. The first-order valence-corrected chi connectivity index (χ1v) is 7.31. The van der Waals surface area contributed by atoms with Crippen LogP contribution in [0.3, 0.4) is 0 Å². The van der Waals surface area contributed by atoms with Crippen LogP contribution >= 0.6 is 11.6 Å². The average molecular weight is 315 g/mol. The summed E-state index contributed by atoms with van der Waals surface area (Å²) in [6.45, 7) is 2.73. The van der Waals surface area contributed by atoms with Gasteiger partial charge in [-0.3, -0.25) is 4.79 Å². The van der Waals surface area contributed by atoms with Crippen molar-refractivity contribution in [3.8, 4) is 11.5 Å². The molecule has 1 atom stereocenters. The van der Waals surface area contributed by atoms with Gasteiger partial charge < -0.3 is 20.5 Å². The lowest BCUT2D eigenvalue weighted by Crippen LogP contribution is -2.14. The Labute approximate surface area is 130 Å². The lowest BCUT2D eigenvalue weighted by molar-refractivity contribution is -0.116. The van der Waals surface area contributed by atoms with Crippen molar-refractivity contribution in [2.45, 2.75) is 26.2 Å². The highest BCUT2D eigenvalue weighted by molar-refractivity contribution is 6.34. The Morgan fingerprint density at radius 3 is 2.48 bits per heavy atom. The van der Waals surface area contributed by atoms with Crippen LogP contribution in [0.1, 0.15) is 26.2 Å². The molecule has 0 aromatic heterocycles. The second-order valence-corrected chi connectivity index (χ2v) is 5.36. The number of anilines is 1. The van der Waals surface area contributed by atoms with Crippen LogP contribution in [0.5, 0.6) is 11.5 Å². The summed E-state index contributed by atoms with van der Waals surface area (Å²) in [5, 5.41) is 3.21. The Balaban J connectivity index is 2.67. The predicted molar refractivity (Wildman–Crippen MR) is 85.3 cm³/mol. The maximum atomic E-state index is 12.0. The number of rotatable bonds is 8. The third kappa shape index (κ3) is 5.44. The van der Waals surface area contributed by atoms with E-state index in [9.17, 15) is 4.79 Å². The average Bonchev–Trinajstić information content (AvgIpc) is 2.47. The molecule has 0 bridgehead atoms. The van der Waals surface area contributed by atoms with Crippen molar-refractivity contribution in [2.75, 3.05) is 26.1 Å². The zero-order valence-corrected chi connectivity index (χ0v) is 13.5. The maximum Gasteiger partial charge on any atom is 0.224 e. The quantitative estimate of drug-likeness (QED) is 0.773. The van der Waals surface area contributed by atoms with Crippen LogP contribution in [0.2, 0.25) is 5.02 Å². The number of hydrogen-bond donors (Lipinski definition) is 2. The largest absolute Gasteiger partial charge is 0.493 e. The fourth-order valence-electron chi connectivity index (χ4n) is 1.97. The first-order chi connectivity index (χ1) is 10.0. The highest BCUT2D eigenvalue weighted by atomic mass is 35.5. The zero-order chi connectivity index (χ0) is 15.8. The monoisotopic (exact) mass is 314 g/mol. The van der Waals surface area contributed by atoms with Gasteiger partial charge in [0.1, 0.15) is 0 Å². The molecule has 0 aliphatic heterocycles. The molecule has 3 N–H and O–H groups in total. The number of nitrogens with two attached hydrogens (primary N) is 1. The van der Waals surface area contributed by atoms with E-state index in [0.29, 0.717) is 41.1 Å². The molecule has 0 heterocycles. The summed E-state index contributed by atoms with van der Waals surface area (Å²) < 4.78 is 10.3. The Hall–Kier alpha value is -1.46. The standard InChI is InChI=1S/C15H23ClN2O3/c1-10(6-7-17)4-5-15(19)18-12-9-14(21-3)13(20-2)8-11(12)16/h8-10H,4-7,17H2,1-3H3,(H,18,19).